The van der Waals surface area contributed by atoms with Crippen LogP contribution in [0.15, 0.2) is 48.5 Å². The van der Waals surface area contributed by atoms with Gasteiger partial charge < -0.3 is 19.3 Å². The van der Waals surface area contributed by atoms with Crippen LogP contribution in [-0.2, 0) is 4.79 Å². The number of hydrogen-bond donors (Lipinski definition) is 0. The lowest BCUT2D eigenvalue weighted by atomic mass is 10.2. The molecule has 1 aliphatic rings. The zero-order valence-corrected chi connectivity index (χ0v) is 16.4. The third-order valence-electron chi connectivity index (χ3n) is 4.79. The van der Waals surface area contributed by atoms with E-state index in [2.05, 4.69) is 0 Å². The van der Waals surface area contributed by atoms with E-state index in [-0.39, 0.29) is 18.5 Å². The van der Waals surface area contributed by atoms with Crippen molar-refractivity contribution < 1.29 is 19.1 Å². The van der Waals surface area contributed by atoms with Gasteiger partial charge in [-0.1, -0.05) is 18.2 Å². The molecule has 0 spiro atoms. The number of benzene rings is 2. The first kappa shape index (κ1) is 19.5. The van der Waals surface area contributed by atoms with Gasteiger partial charge in [0.15, 0.2) is 11.5 Å². The Hall–Kier alpha value is -3.22. The number of urea groups is 1. The molecule has 7 heteroatoms. The van der Waals surface area contributed by atoms with Gasteiger partial charge in [0.25, 0.3) is 0 Å². The summed E-state index contributed by atoms with van der Waals surface area (Å²) in [4.78, 5) is 30.5. The van der Waals surface area contributed by atoms with Crippen LogP contribution in [0.4, 0.5) is 16.2 Å². The predicted octanol–water partition coefficient (Wildman–Crippen LogP) is 3.00. The van der Waals surface area contributed by atoms with E-state index < -0.39 is 0 Å². The van der Waals surface area contributed by atoms with Crippen molar-refractivity contribution in [3.05, 3.63) is 48.5 Å². The first-order chi connectivity index (χ1) is 13.6. The van der Waals surface area contributed by atoms with Crippen LogP contribution in [0.2, 0.25) is 0 Å². The summed E-state index contributed by atoms with van der Waals surface area (Å²) in [6, 6.07) is 14.6. The van der Waals surface area contributed by atoms with Gasteiger partial charge in [0.2, 0.25) is 5.91 Å². The van der Waals surface area contributed by atoms with Gasteiger partial charge in [-0.2, -0.15) is 0 Å². The maximum Gasteiger partial charge on any atom is 0.325 e. The molecule has 2 aromatic carbocycles. The molecule has 0 N–H and O–H groups in total. The third kappa shape index (κ3) is 3.88. The number of ether oxygens (including phenoxy) is 2. The van der Waals surface area contributed by atoms with Gasteiger partial charge in [0.05, 0.1) is 14.2 Å². The summed E-state index contributed by atoms with van der Waals surface area (Å²) in [6.07, 6.45) is 0. The molecule has 2 aromatic rings. The van der Waals surface area contributed by atoms with Crippen LogP contribution in [0.1, 0.15) is 6.92 Å². The maximum atomic E-state index is 12.9. The highest BCUT2D eigenvalue weighted by Gasteiger charge is 2.32. The normalized spacial score (nSPS) is 13.6. The highest BCUT2D eigenvalue weighted by atomic mass is 16.5. The van der Waals surface area contributed by atoms with Gasteiger partial charge in [0, 0.05) is 37.1 Å². The Morgan fingerprint density at radius 2 is 1.75 bits per heavy atom. The highest BCUT2D eigenvalue weighted by Crippen LogP contribution is 2.32. The molecule has 0 saturated carbocycles. The number of carbonyl (C=O) groups excluding carboxylic acids is 2. The Balaban J connectivity index is 1.71. The van der Waals surface area contributed by atoms with E-state index in [1.54, 1.807) is 41.1 Å². The summed E-state index contributed by atoms with van der Waals surface area (Å²) in [5, 5.41) is 0. The lowest BCUT2D eigenvalue weighted by Crippen LogP contribution is -2.42. The lowest BCUT2D eigenvalue weighted by Gasteiger charge is -2.24. The van der Waals surface area contributed by atoms with E-state index in [4.69, 9.17) is 9.47 Å². The van der Waals surface area contributed by atoms with Crippen molar-refractivity contribution in [2.24, 2.45) is 0 Å². The molecule has 1 saturated heterocycles. The molecule has 1 fully saturated rings. The average Bonchev–Trinajstić information content (AvgIpc) is 3.09. The lowest BCUT2D eigenvalue weighted by molar-refractivity contribution is -0.119. The van der Waals surface area contributed by atoms with Gasteiger partial charge in [-0.25, -0.2) is 4.79 Å². The number of para-hydroxylation sites is 1. The molecular formula is C21H25N3O4. The predicted molar refractivity (Wildman–Crippen MR) is 108 cm³/mol. The van der Waals surface area contributed by atoms with Crippen LogP contribution in [0.25, 0.3) is 0 Å². The van der Waals surface area contributed by atoms with Crippen molar-refractivity contribution in [3.63, 3.8) is 0 Å². The zero-order valence-electron chi connectivity index (χ0n) is 16.4. The van der Waals surface area contributed by atoms with Crippen LogP contribution in [0, 0.1) is 0 Å². The first-order valence-corrected chi connectivity index (χ1v) is 9.23. The monoisotopic (exact) mass is 383 g/mol. The van der Waals surface area contributed by atoms with E-state index in [9.17, 15) is 9.59 Å². The fourth-order valence-electron chi connectivity index (χ4n) is 3.32. The topological polar surface area (TPSA) is 62.3 Å². The molecular weight excluding hydrogens is 358 g/mol. The molecule has 0 aliphatic carbocycles. The summed E-state index contributed by atoms with van der Waals surface area (Å²) in [7, 11) is 3.12. The van der Waals surface area contributed by atoms with Crippen LogP contribution < -0.4 is 19.3 Å². The molecule has 3 rings (SSSR count). The molecule has 28 heavy (non-hydrogen) atoms. The number of amides is 3. The third-order valence-corrected chi connectivity index (χ3v) is 4.79. The van der Waals surface area contributed by atoms with Crippen molar-refractivity contribution in [3.8, 4) is 11.5 Å². The van der Waals surface area contributed by atoms with E-state index >= 15 is 0 Å². The first-order valence-electron chi connectivity index (χ1n) is 9.23. The number of anilines is 2. The summed E-state index contributed by atoms with van der Waals surface area (Å²) in [5.74, 6) is 1.06. The van der Waals surface area contributed by atoms with Crippen LogP contribution in [0.5, 0.6) is 11.5 Å². The summed E-state index contributed by atoms with van der Waals surface area (Å²) in [5.41, 5.74) is 1.55. The van der Waals surface area contributed by atoms with E-state index in [0.29, 0.717) is 36.8 Å². The molecule has 0 unspecified atom stereocenters. The van der Waals surface area contributed by atoms with Gasteiger partial charge in [0.1, 0.15) is 6.54 Å². The maximum absolute atomic E-state index is 12.9. The van der Waals surface area contributed by atoms with Gasteiger partial charge in [-0.15, -0.1) is 0 Å². The molecule has 148 valence electrons. The molecule has 7 nitrogen and oxygen atoms in total. The minimum atomic E-state index is -0.190. The number of nitrogens with zero attached hydrogens (tertiary/aromatic N) is 3. The van der Waals surface area contributed by atoms with E-state index in [1.807, 2.05) is 43.3 Å². The standard InChI is InChI=1S/C21H25N3O4/c1-4-23(16-8-6-5-7-9-16)20(25)15-22-12-13-24(21(22)26)17-10-11-18(27-2)19(14-17)28-3/h5-11,14H,4,12-13,15H2,1-3H3. The Bertz CT molecular complexity index is 841. The van der Waals surface area contributed by atoms with E-state index in [0.717, 1.165) is 5.69 Å². The average molecular weight is 383 g/mol. The molecule has 0 aromatic heterocycles. The smallest absolute Gasteiger partial charge is 0.325 e. The largest absolute Gasteiger partial charge is 0.493 e. The molecule has 0 radical (unpaired) electrons. The number of likely N-dealkylation sites (N-methyl/N-ethyl adjacent to an activating group) is 1. The Morgan fingerprint density at radius 3 is 2.39 bits per heavy atom. The Labute approximate surface area is 165 Å². The summed E-state index contributed by atoms with van der Waals surface area (Å²) in [6.45, 7) is 3.52. The van der Waals surface area contributed by atoms with Crippen molar-refractivity contribution in [1.29, 1.82) is 0 Å². The zero-order chi connectivity index (χ0) is 20.1. The molecule has 0 bridgehead atoms. The number of hydrogen-bond acceptors (Lipinski definition) is 4. The van der Waals surface area contributed by atoms with Gasteiger partial charge in [-0.3, -0.25) is 9.69 Å². The Morgan fingerprint density at radius 1 is 1.04 bits per heavy atom. The molecule has 1 aliphatic heterocycles. The SMILES string of the molecule is CCN(C(=O)CN1CCN(c2ccc(OC)c(OC)c2)C1=O)c1ccccc1. The van der Waals surface area contributed by atoms with Crippen LogP contribution in [0.3, 0.4) is 0 Å². The van der Waals surface area contributed by atoms with Crippen LogP contribution >= 0.6 is 0 Å². The van der Waals surface area contributed by atoms with Crippen molar-refractivity contribution in [2.75, 3.05) is 50.2 Å². The number of methoxy groups -OCH3 is 2. The molecule has 1 heterocycles. The van der Waals surface area contributed by atoms with Crippen molar-refractivity contribution >= 4 is 23.3 Å². The van der Waals surface area contributed by atoms with Crippen molar-refractivity contribution in [2.45, 2.75) is 6.92 Å². The van der Waals surface area contributed by atoms with Crippen molar-refractivity contribution in [1.82, 2.24) is 4.90 Å². The second-order valence-electron chi connectivity index (χ2n) is 6.37. The highest BCUT2D eigenvalue weighted by molar-refractivity contribution is 6.00. The minimum absolute atomic E-state index is 0.0470. The van der Waals surface area contributed by atoms with Gasteiger partial charge >= 0.3 is 6.03 Å². The number of carbonyl (C=O) groups is 2. The summed E-state index contributed by atoms with van der Waals surface area (Å²) < 4.78 is 10.6. The number of rotatable bonds is 7. The summed E-state index contributed by atoms with van der Waals surface area (Å²) >= 11 is 0. The molecule has 0 atom stereocenters. The second kappa shape index (κ2) is 8.65. The Kier molecular flexibility index (Phi) is 6.03. The fraction of sp³-hybridized carbons (Fsp3) is 0.333. The van der Waals surface area contributed by atoms with Crippen LogP contribution in [-0.4, -0.2) is 57.2 Å². The van der Waals surface area contributed by atoms with Gasteiger partial charge in [-0.05, 0) is 31.2 Å². The quantitative estimate of drug-likeness (QED) is 0.737. The molecule has 3 amide bonds. The minimum Gasteiger partial charge on any atom is -0.493 e. The fourth-order valence-corrected chi connectivity index (χ4v) is 3.32. The second-order valence-corrected chi connectivity index (χ2v) is 6.37. The van der Waals surface area contributed by atoms with E-state index in [1.165, 1.54) is 0 Å².